The zero-order valence-corrected chi connectivity index (χ0v) is 14.3. The lowest BCUT2D eigenvalue weighted by atomic mass is 9.95. The second-order valence-corrected chi connectivity index (χ2v) is 7.44. The number of nitrogens with one attached hydrogen (secondary N) is 2. The Balaban J connectivity index is 1.59. The van der Waals surface area contributed by atoms with Crippen molar-refractivity contribution in [3.8, 4) is 6.07 Å². The lowest BCUT2D eigenvalue weighted by Crippen LogP contribution is -2.25. The van der Waals surface area contributed by atoms with E-state index < -0.39 is 0 Å². The van der Waals surface area contributed by atoms with Gasteiger partial charge >= 0.3 is 0 Å². The maximum atomic E-state index is 9.54. The Hall–Kier alpha value is -2.00. The van der Waals surface area contributed by atoms with E-state index in [2.05, 4.69) is 41.2 Å². The van der Waals surface area contributed by atoms with Gasteiger partial charge in [-0.2, -0.15) is 5.26 Å². The minimum Gasteiger partial charge on any atom is -0.257 e. The van der Waals surface area contributed by atoms with E-state index in [4.69, 9.17) is 4.99 Å². The number of fused-ring (bicyclic) bond motifs is 1. The topological polar surface area (TPSA) is 60.2 Å². The Morgan fingerprint density at radius 3 is 2.88 bits per heavy atom. The molecule has 4 rings (SSSR count). The van der Waals surface area contributed by atoms with Gasteiger partial charge in [-0.25, -0.2) is 10.4 Å². The molecule has 1 aromatic heterocycles. The predicted molar refractivity (Wildman–Crippen MR) is 97.6 cm³/mol. The average Bonchev–Trinajstić information content (AvgIpc) is 3.24. The first kappa shape index (κ1) is 15.5. The molecular formula is C19H20N4S. The number of aliphatic imine (C=N–C) groups is 1. The third-order valence-corrected chi connectivity index (χ3v) is 6.03. The predicted octanol–water partition coefficient (Wildman–Crippen LogP) is 3.67. The highest BCUT2D eigenvalue weighted by molar-refractivity contribution is 7.16. The SMILES string of the molecule is N#Cc1c(/N=C/C2CNNC2c2ccccc2)sc2c1CCCC2. The molecule has 0 radical (unpaired) electrons. The highest BCUT2D eigenvalue weighted by atomic mass is 32.1. The van der Waals surface area contributed by atoms with Crippen LogP contribution in [-0.2, 0) is 12.8 Å². The van der Waals surface area contributed by atoms with Gasteiger partial charge in [-0.3, -0.25) is 5.43 Å². The fourth-order valence-electron chi connectivity index (χ4n) is 3.56. The van der Waals surface area contributed by atoms with Crippen LogP contribution in [-0.4, -0.2) is 12.8 Å². The zero-order chi connectivity index (χ0) is 16.4. The molecule has 0 saturated carbocycles. The summed E-state index contributed by atoms with van der Waals surface area (Å²) in [5.74, 6) is 0.276. The number of hydrazine groups is 1. The normalized spacial score (nSPS) is 23.3. The molecule has 4 nitrogen and oxygen atoms in total. The van der Waals surface area contributed by atoms with Gasteiger partial charge in [0.25, 0.3) is 0 Å². The van der Waals surface area contributed by atoms with Crippen LogP contribution in [0, 0.1) is 17.2 Å². The molecule has 2 unspecified atom stereocenters. The van der Waals surface area contributed by atoms with E-state index in [-0.39, 0.29) is 12.0 Å². The summed E-state index contributed by atoms with van der Waals surface area (Å²) in [6, 6.07) is 13.0. The van der Waals surface area contributed by atoms with Crippen molar-refractivity contribution in [1.82, 2.24) is 10.9 Å². The summed E-state index contributed by atoms with van der Waals surface area (Å²) in [5, 5.41) is 10.4. The number of nitriles is 1. The van der Waals surface area contributed by atoms with E-state index in [0.717, 1.165) is 30.0 Å². The molecule has 1 aromatic carbocycles. The molecule has 2 atom stereocenters. The maximum Gasteiger partial charge on any atom is 0.133 e. The van der Waals surface area contributed by atoms with Crippen molar-refractivity contribution in [3.05, 3.63) is 51.9 Å². The molecule has 0 amide bonds. The van der Waals surface area contributed by atoms with Crippen molar-refractivity contribution in [1.29, 1.82) is 5.26 Å². The molecule has 1 fully saturated rings. The van der Waals surface area contributed by atoms with Gasteiger partial charge in [0.1, 0.15) is 11.1 Å². The molecule has 2 N–H and O–H groups in total. The summed E-state index contributed by atoms with van der Waals surface area (Å²) in [5.41, 5.74) is 9.88. The number of benzene rings is 1. The highest BCUT2D eigenvalue weighted by Crippen LogP contribution is 2.39. The van der Waals surface area contributed by atoms with E-state index in [0.29, 0.717) is 0 Å². The fraction of sp³-hybridized carbons (Fsp3) is 0.368. The number of rotatable bonds is 3. The largest absolute Gasteiger partial charge is 0.257 e. The second kappa shape index (κ2) is 6.86. The second-order valence-electron chi connectivity index (χ2n) is 6.36. The summed E-state index contributed by atoms with van der Waals surface area (Å²) >= 11 is 1.71. The van der Waals surface area contributed by atoms with Crippen LogP contribution in [0.1, 0.15) is 40.5 Å². The van der Waals surface area contributed by atoms with Crippen molar-refractivity contribution in [2.45, 2.75) is 31.7 Å². The first-order valence-corrected chi connectivity index (χ1v) is 9.30. The zero-order valence-electron chi connectivity index (χ0n) is 13.5. The summed E-state index contributed by atoms with van der Waals surface area (Å²) < 4.78 is 0. The van der Waals surface area contributed by atoms with E-state index in [1.54, 1.807) is 11.3 Å². The van der Waals surface area contributed by atoms with Gasteiger partial charge in [0, 0.05) is 23.6 Å². The first-order chi connectivity index (χ1) is 11.9. The van der Waals surface area contributed by atoms with Gasteiger partial charge in [0.05, 0.1) is 11.6 Å². The molecule has 0 spiro atoms. The number of hydrogen-bond donors (Lipinski definition) is 2. The van der Waals surface area contributed by atoms with Crippen molar-refractivity contribution in [2.75, 3.05) is 6.54 Å². The van der Waals surface area contributed by atoms with Crippen molar-refractivity contribution >= 4 is 22.6 Å². The van der Waals surface area contributed by atoms with Gasteiger partial charge in [0.2, 0.25) is 0 Å². The number of aryl methyl sites for hydroxylation is 1. The molecule has 0 bridgehead atoms. The van der Waals surface area contributed by atoms with Gasteiger partial charge in [-0.05, 0) is 36.8 Å². The minimum atomic E-state index is 0.218. The Labute approximate surface area is 146 Å². The summed E-state index contributed by atoms with van der Waals surface area (Å²) in [7, 11) is 0. The van der Waals surface area contributed by atoms with Crippen LogP contribution in [0.3, 0.4) is 0 Å². The molecule has 2 heterocycles. The van der Waals surface area contributed by atoms with Crippen molar-refractivity contribution in [2.24, 2.45) is 10.9 Å². The van der Waals surface area contributed by atoms with Crippen molar-refractivity contribution < 1.29 is 0 Å². The number of nitrogens with zero attached hydrogens (tertiary/aromatic N) is 2. The fourth-order valence-corrected chi connectivity index (χ4v) is 4.75. The number of hydrogen-bond acceptors (Lipinski definition) is 5. The first-order valence-electron chi connectivity index (χ1n) is 8.49. The smallest absolute Gasteiger partial charge is 0.133 e. The molecule has 1 aliphatic heterocycles. The molecule has 1 aliphatic carbocycles. The van der Waals surface area contributed by atoms with Crippen LogP contribution in [0.2, 0.25) is 0 Å². The van der Waals surface area contributed by atoms with Crippen LogP contribution in [0.5, 0.6) is 0 Å². The third kappa shape index (κ3) is 2.89. The molecular weight excluding hydrogens is 316 g/mol. The van der Waals surface area contributed by atoms with Gasteiger partial charge in [0.15, 0.2) is 0 Å². The lowest BCUT2D eigenvalue weighted by molar-refractivity contribution is 0.557. The van der Waals surface area contributed by atoms with Crippen LogP contribution >= 0.6 is 11.3 Å². The lowest BCUT2D eigenvalue weighted by Gasteiger charge is -2.14. The molecule has 2 aliphatic rings. The highest BCUT2D eigenvalue weighted by Gasteiger charge is 2.27. The van der Waals surface area contributed by atoms with Crippen LogP contribution in [0.15, 0.2) is 35.3 Å². The van der Waals surface area contributed by atoms with E-state index in [1.165, 1.54) is 28.8 Å². The van der Waals surface area contributed by atoms with E-state index >= 15 is 0 Å². The molecule has 24 heavy (non-hydrogen) atoms. The molecule has 122 valence electrons. The summed E-state index contributed by atoms with van der Waals surface area (Å²) in [6.45, 7) is 0.843. The number of thiophene rings is 1. The van der Waals surface area contributed by atoms with Gasteiger partial charge in [-0.1, -0.05) is 30.3 Å². The Bertz CT molecular complexity index is 788. The summed E-state index contributed by atoms with van der Waals surface area (Å²) in [6.07, 6.45) is 6.57. The Morgan fingerprint density at radius 2 is 2.04 bits per heavy atom. The monoisotopic (exact) mass is 336 g/mol. The average molecular weight is 336 g/mol. The van der Waals surface area contributed by atoms with E-state index in [9.17, 15) is 5.26 Å². The molecule has 5 heteroatoms. The molecule has 1 saturated heterocycles. The van der Waals surface area contributed by atoms with Crippen LogP contribution in [0.25, 0.3) is 0 Å². The minimum absolute atomic E-state index is 0.218. The van der Waals surface area contributed by atoms with Gasteiger partial charge < -0.3 is 0 Å². The van der Waals surface area contributed by atoms with Gasteiger partial charge in [-0.15, -0.1) is 11.3 Å². The third-order valence-electron chi connectivity index (χ3n) is 4.83. The van der Waals surface area contributed by atoms with Crippen LogP contribution in [0.4, 0.5) is 5.00 Å². The quantitative estimate of drug-likeness (QED) is 0.841. The Morgan fingerprint density at radius 1 is 1.21 bits per heavy atom. The van der Waals surface area contributed by atoms with Crippen molar-refractivity contribution in [3.63, 3.8) is 0 Å². The Kier molecular flexibility index (Phi) is 4.44. The standard InChI is InChI=1S/C19H20N4S/c20-10-16-15-8-4-5-9-17(15)24-19(16)21-11-14-12-22-23-18(14)13-6-2-1-3-7-13/h1-3,6-7,11,14,18,22-23H,4-5,8-9,12H2/b21-11+. The maximum absolute atomic E-state index is 9.54. The molecule has 2 aromatic rings. The summed E-state index contributed by atoms with van der Waals surface area (Å²) in [4.78, 5) is 6.10. The van der Waals surface area contributed by atoms with E-state index in [1.807, 2.05) is 12.3 Å². The van der Waals surface area contributed by atoms with Crippen LogP contribution < -0.4 is 10.9 Å².